The molecule has 0 saturated carbocycles. The molecular formula is C16H20N2O. The van der Waals surface area contributed by atoms with Gasteiger partial charge in [0.05, 0.1) is 6.61 Å². The topological polar surface area (TPSA) is 34.2 Å². The zero-order chi connectivity index (χ0) is 13.1. The van der Waals surface area contributed by atoms with Crippen LogP contribution in [0.15, 0.2) is 36.7 Å². The van der Waals surface area contributed by atoms with Gasteiger partial charge < -0.3 is 10.1 Å². The highest BCUT2D eigenvalue weighted by atomic mass is 16.5. The van der Waals surface area contributed by atoms with Crippen molar-refractivity contribution in [3.05, 3.63) is 42.2 Å². The minimum absolute atomic E-state index is 0.374. The molecule has 100 valence electrons. The summed E-state index contributed by atoms with van der Waals surface area (Å²) in [7, 11) is 0. The summed E-state index contributed by atoms with van der Waals surface area (Å²) in [4.78, 5) is 4.21. The van der Waals surface area contributed by atoms with E-state index in [0.29, 0.717) is 12.0 Å². The molecule has 0 radical (unpaired) electrons. The van der Waals surface area contributed by atoms with Crippen LogP contribution in [0.1, 0.15) is 24.9 Å². The lowest BCUT2D eigenvalue weighted by Gasteiger charge is -2.25. The fraction of sp³-hybridized carbons (Fsp3) is 0.438. The van der Waals surface area contributed by atoms with Crippen LogP contribution in [0.2, 0.25) is 0 Å². The number of hydrogen-bond donors (Lipinski definition) is 1. The summed E-state index contributed by atoms with van der Waals surface area (Å²) in [5, 5.41) is 6.14. The first kappa shape index (κ1) is 12.6. The van der Waals surface area contributed by atoms with E-state index in [1.807, 2.05) is 12.4 Å². The summed E-state index contributed by atoms with van der Waals surface area (Å²) in [5.74, 6) is 0.568. The number of pyridine rings is 1. The number of rotatable bonds is 4. The lowest BCUT2D eigenvalue weighted by Crippen LogP contribution is -2.28. The lowest BCUT2D eigenvalue weighted by molar-refractivity contribution is 0.177. The number of aromatic nitrogens is 1. The Kier molecular flexibility index (Phi) is 3.76. The summed E-state index contributed by atoms with van der Waals surface area (Å²) in [6, 6.07) is 8.97. The molecule has 2 aromatic rings. The van der Waals surface area contributed by atoms with E-state index in [1.54, 1.807) is 0 Å². The second-order valence-corrected chi connectivity index (χ2v) is 5.10. The molecule has 0 spiro atoms. The average Bonchev–Trinajstić information content (AvgIpc) is 2.98. The van der Waals surface area contributed by atoms with Gasteiger partial charge in [-0.1, -0.05) is 25.1 Å². The highest BCUT2D eigenvalue weighted by Crippen LogP contribution is 2.32. The molecule has 3 rings (SSSR count). The number of ether oxygens (including phenoxy) is 1. The van der Waals surface area contributed by atoms with Crippen LogP contribution >= 0.6 is 0 Å². The summed E-state index contributed by atoms with van der Waals surface area (Å²) in [6.45, 7) is 4.89. The third kappa shape index (κ3) is 2.48. The molecule has 2 heterocycles. The molecule has 1 aliphatic rings. The molecule has 1 saturated heterocycles. The highest BCUT2D eigenvalue weighted by Gasteiger charge is 2.27. The van der Waals surface area contributed by atoms with E-state index in [2.05, 4.69) is 41.5 Å². The zero-order valence-electron chi connectivity index (χ0n) is 11.3. The number of fused-ring (bicyclic) bond motifs is 1. The molecule has 1 fully saturated rings. The largest absolute Gasteiger partial charge is 0.381 e. The van der Waals surface area contributed by atoms with Crippen molar-refractivity contribution < 1.29 is 4.74 Å². The SMILES string of the molecule is CCNC(c1cccc2cnccc12)C1CCOC1. The van der Waals surface area contributed by atoms with Gasteiger partial charge >= 0.3 is 0 Å². The minimum atomic E-state index is 0.374. The van der Waals surface area contributed by atoms with Crippen molar-refractivity contribution in [2.75, 3.05) is 19.8 Å². The molecule has 0 aliphatic carbocycles. The lowest BCUT2D eigenvalue weighted by atomic mass is 9.89. The molecule has 1 aromatic carbocycles. The maximum Gasteiger partial charge on any atom is 0.0513 e. The summed E-state index contributed by atoms with van der Waals surface area (Å²) < 4.78 is 5.57. The third-order valence-electron chi connectivity index (χ3n) is 3.91. The second-order valence-electron chi connectivity index (χ2n) is 5.10. The molecule has 1 aromatic heterocycles. The Balaban J connectivity index is 2.03. The number of nitrogens with zero attached hydrogens (tertiary/aromatic N) is 1. The van der Waals surface area contributed by atoms with Crippen LogP contribution in [0.5, 0.6) is 0 Å². The van der Waals surface area contributed by atoms with Crippen LogP contribution in [0.25, 0.3) is 10.8 Å². The predicted molar refractivity (Wildman–Crippen MR) is 77.1 cm³/mol. The van der Waals surface area contributed by atoms with E-state index >= 15 is 0 Å². The zero-order valence-corrected chi connectivity index (χ0v) is 11.3. The molecular weight excluding hydrogens is 236 g/mol. The molecule has 3 heteroatoms. The third-order valence-corrected chi connectivity index (χ3v) is 3.91. The van der Waals surface area contributed by atoms with E-state index in [-0.39, 0.29) is 0 Å². The predicted octanol–water partition coefficient (Wildman–Crippen LogP) is 2.92. The van der Waals surface area contributed by atoms with Crippen LogP contribution in [0, 0.1) is 5.92 Å². The highest BCUT2D eigenvalue weighted by molar-refractivity contribution is 5.85. The van der Waals surface area contributed by atoms with Crippen LogP contribution in [0.4, 0.5) is 0 Å². The van der Waals surface area contributed by atoms with Gasteiger partial charge in [0, 0.05) is 36.3 Å². The Bertz CT molecular complexity index is 544. The number of hydrogen-bond acceptors (Lipinski definition) is 3. The average molecular weight is 256 g/mol. The fourth-order valence-electron chi connectivity index (χ4n) is 2.98. The number of benzene rings is 1. The Morgan fingerprint density at radius 2 is 2.37 bits per heavy atom. The Hall–Kier alpha value is -1.45. The van der Waals surface area contributed by atoms with E-state index in [0.717, 1.165) is 26.2 Å². The molecule has 19 heavy (non-hydrogen) atoms. The van der Waals surface area contributed by atoms with Crippen molar-refractivity contribution in [1.82, 2.24) is 10.3 Å². The van der Waals surface area contributed by atoms with Crippen molar-refractivity contribution in [3.8, 4) is 0 Å². The quantitative estimate of drug-likeness (QED) is 0.913. The van der Waals surface area contributed by atoms with Crippen LogP contribution in [-0.4, -0.2) is 24.7 Å². The van der Waals surface area contributed by atoms with Crippen LogP contribution in [-0.2, 0) is 4.74 Å². The van der Waals surface area contributed by atoms with E-state index < -0.39 is 0 Å². The summed E-state index contributed by atoms with van der Waals surface area (Å²) in [6.07, 6.45) is 4.95. The van der Waals surface area contributed by atoms with Crippen molar-refractivity contribution in [2.45, 2.75) is 19.4 Å². The van der Waals surface area contributed by atoms with Crippen molar-refractivity contribution >= 4 is 10.8 Å². The van der Waals surface area contributed by atoms with E-state index in [4.69, 9.17) is 4.74 Å². The molecule has 2 unspecified atom stereocenters. The number of nitrogens with one attached hydrogen (secondary N) is 1. The monoisotopic (exact) mass is 256 g/mol. The molecule has 0 bridgehead atoms. The van der Waals surface area contributed by atoms with Crippen molar-refractivity contribution in [1.29, 1.82) is 0 Å². The van der Waals surface area contributed by atoms with Gasteiger partial charge in [0.1, 0.15) is 0 Å². The first-order valence-electron chi connectivity index (χ1n) is 7.04. The van der Waals surface area contributed by atoms with E-state index in [1.165, 1.54) is 16.3 Å². The summed E-state index contributed by atoms with van der Waals surface area (Å²) in [5.41, 5.74) is 1.37. The molecule has 0 amide bonds. The van der Waals surface area contributed by atoms with Gasteiger partial charge in [0.25, 0.3) is 0 Å². The molecule has 1 N–H and O–H groups in total. The summed E-state index contributed by atoms with van der Waals surface area (Å²) >= 11 is 0. The first-order chi connectivity index (χ1) is 9.40. The van der Waals surface area contributed by atoms with Gasteiger partial charge in [-0.15, -0.1) is 0 Å². The van der Waals surface area contributed by atoms with Crippen LogP contribution in [0.3, 0.4) is 0 Å². The first-order valence-corrected chi connectivity index (χ1v) is 7.04. The van der Waals surface area contributed by atoms with Gasteiger partial charge in [-0.25, -0.2) is 0 Å². The van der Waals surface area contributed by atoms with Gasteiger partial charge in [-0.05, 0) is 30.0 Å². The fourth-order valence-corrected chi connectivity index (χ4v) is 2.98. The molecule has 1 aliphatic heterocycles. The van der Waals surface area contributed by atoms with E-state index in [9.17, 15) is 0 Å². The smallest absolute Gasteiger partial charge is 0.0513 e. The Labute approximate surface area is 114 Å². The van der Waals surface area contributed by atoms with Gasteiger partial charge in [-0.3, -0.25) is 4.98 Å². The second kappa shape index (κ2) is 5.68. The Morgan fingerprint density at radius 1 is 1.42 bits per heavy atom. The minimum Gasteiger partial charge on any atom is -0.381 e. The Morgan fingerprint density at radius 3 is 3.16 bits per heavy atom. The molecule has 3 nitrogen and oxygen atoms in total. The maximum absolute atomic E-state index is 5.57. The van der Waals surface area contributed by atoms with Crippen LogP contribution < -0.4 is 5.32 Å². The normalized spacial score (nSPS) is 20.8. The molecule has 2 atom stereocenters. The maximum atomic E-state index is 5.57. The van der Waals surface area contributed by atoms with Gasteiger partial charge in [0.2, 0.25) is 0 Å². The van der Waals surface area contributed by atoms with Gasteiger partial charge in [0.15, 0.2) is 0 Å². The standard InChI is InChI=1S/C16H20N2O/c1-2-18-16(13-7-9-19-11-13)15-5-3-4-12-10-17-8-6-14(12)15/h3-6,8,10,13,16,18H,2,7,9,11H2,1H3. The van der Waals surface area contributed by atoms with Gasteiger partial charge in [-0.2, -0.15) is 0 Å². The van der Waals surface area contributed by atoms with Crippen molar-refractivity contribution in [3.63, 3.8) is 0 Å². The van der Waals surface area contributed by atoms with Crippen molar-refractivity contribution in [2.24, 2.45) is 5.92 Å².